The van der Waals surface area contributed by atoms with Gasteiger partial charge in [-0.05, 0) is 43.0 Å². The molecule has 0 bridgehead atoms. The van der Waals surface area contributed by atoms with E-state index in [1.54, 1.807) is 36.2 Å². The van der Waals surface area contributed by atoms with Gasteiger partial charge in [0, 0.05) is 26.2 Å². The van der Waals surface area contributed by atoms with Crippen LogP contribution in [0.3, 0.4) is 0 Å². The molecular formula is C24H23ClFN5O2. The number of benzene rings is 2. The molecule has 1 N–H and O–H groups in total. The van der Waals surface area contributed by atoms with Gasteiger partial charge in [0.25, 0.3) is 5.91 Å². The highest BCUT2D eigenvalue weighted by Crippen LogP contribution is 2.39. The van der Waals surface area contributed by atoms with Crippen molar-refractivity contribution in [2.75, 3.05) is 36.9 Å². The fourth-order valence-corrected chi connectivity index (χ4v) is 4.59. The molecule has 1 amide bonds. The predicted octanol–water partition coefficient (Wildman–Crippen LogP) is 3.94. The maximum absolute atomic E-state index is 13.2. The molecule has 170 valence electrons. The Hall–Kier alpha value is -3.49. The number of hydrogen-bond donors (Lipinski definition) is 1. The lowest BCUT2D eigenvalue weighted by atomic mass is 9.75. The van der Waals surface area contributed by atoms with E-state index in [1.807, 2.05) is 6.19 Å². The molecule has 4 rings (SSSR count). The van der Waals surface area contributed by atoms with Crippen molar-refractivity contribution in [3.8, 4) is 18.0 Å². The van der Waals surface area contributed by atoms with Crippen molar-refractivity contribution >= 4 is 28.9 Å². The SMILES string of the molecule is CN(C#N)c1cc2c(cc1Cl)NCC(C(=O)N1CCC(C#N)(Cc3ccc(F)cc3)CC1)O2. The Morgan fingerprint density at radius 1 is 1.30 bits per heavy atom. The van der Waals surface area contributed by atoms with Crippen molar-refractivity contribution in [3.05, 3.63) is 52.8 Å². The van der Waals surface area contributed by atoms with Gasteiger partial charge in [0.15, 0.2) is 12.3 Å². The van der Waals surface area contributed by atoms with Crippen LogP contribution in [0.15, 0.2) is 36.4 Å². The Morgan fingerprint density at radius 2 is 2.00 bits per heavy atom. The van der Waals surface area contributed by atoms with Crippen molar-refractivity contribution in [2.24, 2.45) is 5.41 Å². The Balaban J connectivity index is 1.41. The van der Waals surface area contributed by atoms with Crippen molar-refractivity contribution in [3.63, 3.8) is 0 Å². The van der Waals surface area contributed by atoms with Crippen molar-refractivity contribution in [2.45, 2.75) is 25.4 Å². The molecule has 0 radical (unpaired) electrons. The van der Waals surface area contributed by atoms with Crippen LogP contribution in [-0.4, -0.2) is 43.6 Å². The summed E-state index contributed by atoms with van der Waals surface area (Å²) in [7, 11) is 1.59. The van der Waals surface area contributed by atoms with Crippen molar-refractivity contribution < 1.29 is 13.9 Å². The minimum atomic E-state index is -0.717. The zero-order valence-corrected chi connectivity index (χ0v) is 18.9. The van der Waals surface area contributed by atoms with Crippen LogP contribution in [-0.2, 0) is 11.2 Å². The summed E-state index contributed by atoms with van der Waals surface area (Å²) in [4.78, 5) is 16.2. The van der Waals surface area contributed by atoms with E-state index in [4.69, 9.17) is 21.6 Å². The van der Waals surface area contributed by atoms with Crippen LogP contribution in [0, 0.1) is 34.0 Å². The molecule has 2 heterocycles. The number of fused-ring (bicyclic) bond motifs is 1. The Morgan fingerprint density at radius 3 is 2.64 bits per heavy atom. The molecule has 9 heteroatoms. The first kappa shape index (κ1) is 22.7. The Kier molecular flexibility index (Phi) is 6.31. The van der Waals surface area contributed by atoms with E-state index in [1.165, 1.54) is 17.0 Å². The van der Waals surface area contributed by atoms with Gasteiger partial charge in [-0.25, -0.2) is 4.39 Å². The van der Waals surface area contributed by atoms with Crippen LogP contribution in [0.2, 0.25) is 5.02 Å². The quantitative estimate of drug-likeness (QED) is 0.540. The number of amides is 1. The third-order valence-corrected chi connectivity index (χ3v) is 6.61. The van der Waals surface area contributed by atoms with E-state index in [0.29, 0.717) is 61.0 Å². The molecule has 2 aromatic carbocycles. The third kappa shape index (κ3) is 4.67. The molecule has 0 saturated carbocycles. The number of likely N-dealkylation sites (tertiary alicyclic amines) is 1. The second-order valence-corrected chi connectivity index (χ2v) is 8.87. The molecule has 1 atom stereocenters. The van der Waals surface area contributed by atoms with E-state index < -0.39 is 11.5 Å². The summed E-state index contributed by atoms with van der Waals surface area (Å²) in [5.41, 5.74) is 1.48. The maximum atomic E-state index is 13.2. The molecule has 1 unspecified atom stereocenters. The number of carbonyl (C=O) groups excluding carboxylic acids is 1. The normalized spacial score (nSPS) is 18.7. The maximum Gasteiger partial charge on any atom is 0.265 e. The molecule has 7 nitrogen and oxygen atoms in total. The zero-order chi connectivity index (χ0) is 23.6. The monoisotopic (exact) mass is 467 g/mol. The molecule has 0 aromatic heterocycles. The lowest BCUT2D eigenvalue weighted by Crippen LogP contribution is -2.51. The number of nitrogens with zero attached hydrogens (tertiary/aromatic N) is 4. The number of hydrogen-bond acceptors (Lipinski definition) is 6. The number of piperidine rings is 1. The molecule has 2 aliphatic heterocycles. The van der Waals surface area contributed by atoms with Gasteiger partial charge in [-0.3, -0.25) is 9.69 Å². The number of rotatable bonds is 4. The predicted molar refractivity (Wildman–Crippen MR) is 122 cm³/mol. The molecular weight excluding hydrogens is 445 g/mol. The molecule has 33 heavy (non-hydrogen) atoms. The van der Waals surface area contributed by atoms with Crippen LogP contribution in [0.1, 0.15) is 18.4 Å². The first-order valence-corrected chi connectivity index (χ1v) is 11.0. The van der Waals surface area contributed by atoms with E-state index >= 15 is 0 Å². The minimum absolute atomic E-state index is 0.147. The lowest BCUT2D eigenvalue weighted by Gasteiger charge is -2.39. The highest BCUT2D eigenvalue weighted by atomic mass is 35.5. The summed E-state index contributed by atoms with van der Waals surface area (Å²) in [6.45, 7) is 1.19. The van der Waals surface area contributed by atoms with Crippen molar-refractivity contribution in [1.82, 2.24) is 4.90 Å². The number of nitrogens with one attached hydrogen (secondary N) is 1. The van der Waals surface area contributed by atoms with Crippen LogP contribution in [0.4, 0.5) is 15.8 Å². The van der Waals surface area contributed by atoms with E-state index in [9.17, 15) is 14.4 Å². The van der Waals surface area contributed by atoms with Gasteiger partial charge in [0.2, 0.25) is 0 Å². The van der Waals surface area contributed by atoms with Crippen LogP contribution >= 0.6 is 11.6 Å². The average Bonchev–Trinajstić information content (AvgIpc) is 2.84. The first-order chi connectivity index (χ1) is 15.8. The minimum Gasteiger partial charge on any atom is -0.476 e. The number of nitriles is 2. The number of anilines is 2. The van der Waals surface area contributed by atoms with Gasteiger partial charge < -0.3 is 15.0 Å². The second-order valence-electron chi connectivity index (χ2n) is 8.47. The first-order valence-electron chi connectivity index (χ1n) is 10.7. The highest BCUT2D eigenvalue weighted by Gasteiger charge is 2.39. The molecule has 2 aromatic rings. The summed E-state index contributed by atoms with van der Waals surface area (Å²) in [6.07, 6.45) is 2.88. The summed E-state index contributed by atoms with van der Waals surface area (Å²) in [6, 6.07) is 12.0. The Bertz CT molecular complexity index is 1130. The molecule has 1 saturated heterocycles. The number of halogens is 2. The van der Waals surface area contributed by atoms with E-state index in [0.717, 1.165) is 5.56 Å². The summed E-state index contributed by atoms with van der Waals surface area (Å²) in [5.74, 6) is 0.00824. The fourth-order valence-electron chi connectivity index (χ4n) is 4.30. The van der Waals surface area contributed by atoms with Gasteiger partial charge in [0.1, 0.15) is 11.6 Å². The third-order valence-electron chi connectivity index (χ3n) is 6.31. The van der Waals surface area contributed by atoms with Crippen LogP contribution < -0.4 is 15.0 Å². The second kappa shape index (κ2) is 9.17. The lowest BCUT2D eigenvalue weighted by molar-refractivity contribution is -0.140. The summed E-state index contributed by atoms with van der Waals surface area (Å²) >= 11 is 6.25. The van der Waals surface area contributed by atoms with Gasteiger partial charge in [0.05, 0.1) is 34.4 Å². The zero-order valence-electron chi connectivity index (χ0n) is 18.1. The fraction of sp³-hybridized carbons (Fsp3) is 0.375. The standard InChI is InChI=1S/C24H23ClFN5O2/c1-30(15-28)20-11-21-19(10-18(20)25)29-13-22(33-21)23(32)31-8-6-24(14-27,7-9-31)12-16-2-4-17(26)5-3-16/h2-5,10-11,22,29H,6-9,12-13H2,1H3. The molecule has 1 fully saturated rings. The van der Waals surface area contributed by atoms with Crippen LogP contribution in [0.5, 0.6) is 5.75 Å². The van der Waals surface area contributed by atoms with Gasteiger partial charge in [-0.15, -0.1) is 0 Å². The summed E-state index contributed by atoms with van der Waals surface area (Å²) in [5, 5.41) is 22.6. The highest BCUT2D eigenvalue weighted by molar-refractivity contribution is 6.33. The Labute approximate surface area is 196 Å². The van der Waals surface area contributed by atoms with Gasteiger partial charge >= 0.3 is 0 Å². The van der Waals surface area contributed by atoms with Crippen LogP contribution in [0.25, 0.3) is 0 Å². The van der Waals surface area contributed by atoms with Crippen molar-refractivity contribution in [1.29, 1.82) is 10.5 Å². The van der Waals surface area contributed by atoms with E-state index in [-0.39, 0.29) is 11.7 Å². The van der Waals surface area contributed by atoms with Gasteiger partial charge in [-0.1, -0.05) is 23.7 Å². The average molecular weight is 468 g/mol. The molecule has 2 aliphatic rings. The molecule has 0 spiro atoms. The molecule has 0 aliphatic carbocycles. The topological polar surface area (TPSA) is 92.4 Å². The number of carbonyl (C=O) groups is 1. The smallest absolute Gasteiger partial charge is 0.265 e. The largest absolute Gasteiger partial charge is 0.476 e. The number of ether oxygens (including phenoxy) is 1. The summed E-state index contributed by atoms with van der Waals surface area (Å²) < 4.78 is 19.2. The van der Waals surface area contributed by atoms with Gasteiger partial charge in [-0.2, -0.15) is 10.5 Å². The van der Waals surface area contributed by atoms with E-state index in [2.05, 4.69) is 11.4 Å².